The van der Waals surface area contributed by atoms with Gasteiger partial charge in [0.25, 0.3) is 0 Å². The molecular formula is C12H9F2NO. The molecule has 0 atom stereocenters. The number of benzene rings is 1. The predicted molar refractivity (Wildman–Crippen MR) is 55.5 cm³/mol. The zero-order valence-electron chi connectivity index (χ0n) is 8.32. The zero-order valence-corrected chi connectivity index (χ0v) is 8.32. The van der Waals surface area contributed by atoms with Crippen molar-refractivity contribution in [2.75, 3.05) is 0 Å². The summed E-state index contributed by atoms with van der Waals surface area (Å²) in [6.45, 7) is -0.401. The van der Waals surface area contributed by atoms with Crippen LogP contribution in [0.1, 0.15) is 5.56 Å². The van der Waals surface area contributed by atoms with Crippen LogP contribution in [-0.4, -0.2) is 10.1 Å². The topological polar surface area (TPSA) is 33.1 Å². The molecule has 0 aliphatic carbocycles. The van der Waals surface area contributed by atoms with E-state index in [4.69, 9.17) is 5.11 Å². The van der Waals surface area contributed by atoms with Crippen LogP contribution in [-0.2, 0) is 6.61 Å². The van der Waals surface area contributed by atoms with Gasteiger partial charge in [0, 0.05) is 11.1 Å². The summed E-state index contributed by atoms with van der Waals surface area (Å²) in [5.74, 6) is -1.13. The molecule has 1 N–H and O–H groups in total. The van der Waals surface area contributed by atoms with E-state index in [2.05, 4.69) is 4.98 Å². The maximum Gasteiger partial charge on any atom is 0.218 e. The molecule has 0 fully saturated rings. The number of halogens is 2. The molecule has 1 aromatic carbocycles. The summed E-state index contributed by atoms with van der Waals surface area (Å²) in [7, 11) is 0. The van der Waals surface area contributed by atoms with Gasteiger partial charge in [-0.05, 0) is 24.3 Å². The number of aromatic nitrogens is 1. The minimum Gasteiger partial charge on any atom is -0.392 e. The van der Waals surface area contributed by atoms with Crippen LogP contribution < -0.4 is 0 Å². The first-order valence-corrected chi connectivity index (χ1v) is 4.73. The average molecular weight is 221 g/mol. The van der Waals surface area contributed by atoms with E-state index in [-0.39, 0.29) is 5.56 Å². The third-order valence-electron chi connectivity index (χ3n) is 2.22. The van der Waals surface area contributed by atoms with Gasteiger partial charge in [0.15, 0.2) is 0 Å². The number of aliphatic hydroxyl groups is 1. The molecule has 4 heteroatoms. The van der Waals surface area contributed by atoms with Crippen molar-refractivity contribution < 1.29 is 13.9 Å². The van der Waals surface area contributed by atoms with Crippen LogP contribution >= 0.6 is 0 Å². The minimum atomic E-state index is -0.732. The number of hydrogen-bond donors (Lipinski definition) is 1. The molecule has 0 saturated carbocycles. The first kappa shape index (κ1) is 10.7. The molecule has 0 saturated heterocycles. The summed E-state index contributed by atoms with van der Waals surface area (Å²) in [4.78, 5) is 3.66. The molecule has 0 unspecified atom stereocenters. The maximum absolute atomic E-state index is 13.3. The average Bonchev–Trinajstić information content (AvgIpc) is 2.29. The van der Waals surface area contributed by atoms with E-state index in [0.717, 1.165) is 0 Å². The molecule has 0 aliphatic rings. The van der Waals surface area contributed by atoms with Crippen molar-refractivity contribution in [3.8, 4) is 11.3 Å². The van der Waals surface area contributed by atoms with E-state index in [0.29, 0.717) is 11.3 Å². The molecule has 0 amide bonds. The van der Waals surface area contributed by atoms with Gasteiger partial charge < -0.3 is 5.11 Å². The Morgan fingerprint density at radius 3 is 2.56 bits per heavy atom. The largest absolute Gasteiger partial charge is 0.392 e. The van der Waals surface area contributed by atoms with Crippen molar-refractivity contribution in [1.82, 2.24) is 4.98 Å². The van der Waals surface area contributed by atoms with Crippen LogP contribution in [0.25, 0.3) is 11.3 Å². The molecule has 0 aliphatic heterocycles. The second-order valence-electron chi connectivity index (χ2n) is 3.31. The second kappa shape index (κ2) is 4.37. The SMILES string of the molecule is OCc1ccc(-c2cccc(F)c2)nc1F. The number of hydrogen-bond acceptors (Lipinski definition) is 2. The first-order valence-electron chi connectivity index (χ1n) is 4.73. The molecule has 82 valence electrons. The van der Waals surface area contributed by atoms with Gasteiger partial charge in [-0.3, -0.25) is 0 Å². The Balaban J connectivity index is 2.45. The van der Waals surface area contributed by atoms with Crippen molar-refractivity contribution in [3.63, 3.8) is 0 Å². The Morgan fingerprint density at radius 2 is 1.94 bits per heavy atom. The van der Waals surface area contributed by atoms with E-state index in [9.17, 15) is 8.78 Å². The summed E-state index contributed by atoms with van der Waals surface area (Å²) in [6, 6.07) is 8.74. The van der Waals surface area contributed by atoms with Crippen molar-refractivity contribution in [2.24, 2.45) is 0 Å². The smallest absolute Gasteiger partial charge is 0.218 e. The quantitative estimate of drug-likeness (QED) is 0.790. The number of rotatable bonds is 2. The Morgan fingerprint density at radius 1 is 1.12 bits per heavy atom. The number of nitrogens with zero attached hydrogens (tertiary/aromatic N) is 1. The van der Waals surface area contributed by atoms with Crippen LogP contribution in [0.3, 0.4) is 0 Å². The molecule has 2 aromatic rings. The third kappa shape index (κ3) is 2.06. The summed E-state index contributed by atoms with van der Waals surface area (Å²) in [5.41, 5.74) is 0.970. The lowest BCUT2D eigenvalue weighted by atomic mass is 10.1. The molecule has 0 bridgehead atoms. The van der Waals surface area contributed by atoms with Crippen LogP contribution in [0.5, 0.6) is 0 Å². The lowest BCUT2D eigenvalue weighted by Crippen LogP contribution is -1.95. The fraction of sp³-hybridized carbons (Fsp3) is 0.0833. The van der Waals surface area contributed by atoms with Gasteiger partial charge in [0.1, 0.15) is 5.82 Å². The highest BCUT2D eigenvalue weighted by Crippen LogP contribution is 2.19. The van der Waals surface area contributed by atoms with Gasteiger partial charge in [0.2, 0.25) is 5.95 Å². The van der Waals surface area contributed by atoms with E-state index in [1.54, 1.807) is 12.1 Å². The zero-order chi connectivity index (χ0) is 11.5. The number of aliphatic hydroxyl groups excluding tert-OH is 1. The summed E-state index contributed by atoms with van der Waals surface area (Å²) < 4.78 is 26.2. The van der Waals surface area contributed by atoms with E-state index in [1.165, 1.54) is 24.3 Å². The summed E-state index contributed by atoms with van der Waals surface area (Å²) >= 11 is 0. The van der Waals surface area contributed by atoms with Crippen molar-refractivity contribution >= 4 is 0 Å². The highest BCUT2D eigenvalue weighted by Gasteiger charge is 2.06. The third-order valence-corrected chi connectivity index (χ3v) is 2.22. The lowest BCUT2D eigenvalue weighted by molar-refractivity contribution is 0.274. The van der Waals surface area contributed by atoms with Crippen molar-refractivity contribution in [2.45, 2.75) is 6.61 Å². The van der Waals surface area contributed by atoms with Crippen LogP contribution in [0.4, 0.5) is 8.78 Å². The van der Waals surface area contributed by atoms with Crippen LogP contribution in [0, 0.1) is 11.8 Å². The predicted octanol–water partition coefficient (Wildman–Crippen LogP) is 2.52. The molecule has 0 spiro atoms. The normalized spacial score (nSPS) is 10.4. The monoisotopic (exact) mass is 221 g/mol. The first-order chi connectivity index (χ1) is 7.70. The van der Waals surface area contributed by atoms with Gasteiger partial charge in [-0.2, -0.15) is 4.39 Å². The Hall–Kier alpha value is -1.81. The lowest BCUT2D eigenvalue weighted by Gasteiger charge is -2.03. The standard InChI is InChI=1S/C12H9F2NO/c13-10-3-1-2-8(6-10)11-5-4-9(7-16)12(14)15-11/h1-6,16H,7H2. The molecule has 1 aromatic heterocycles. The van der Waals surface area contributed by atoms with Gasteiger partial charge in [-0.1, -0.05) is 12.1 Å². The molecule has 2 nitrogen and oxygen atoms in total. The fourth-order valence-electron chi connectivity index (χ4n) is 1.39. The van der Waals surface area contributed by atoms with Gasteiger partial charge >= 0.3 is 0 Å². The molecule has 2 rings (SSSR count). The van der Waals surface area contributed by atoms with E-state index in [1.807, 2.05) is 0 Å². The highest BCUT2D eigenvalue weighted by atomic mass is 19.1. The maximum atomic E-state index is 13.3. The van der Waals surface area contributed by atoms with Gasteiger partial charge in [0.05, 0.1) is 12.3 Å². The number of pyridine rings is 1. The van der Waals surface area contributed by atoms with Crippen LogP contribution in [0.2, 0.25) is 0 Å². The Kier molecular flexibility index (Phi) is 2.92. The minimum absolute atomic E-state index is 0.125. The Bertz CT molecular complexity index is 514. The van der Waals surface area contributed by atoms with Gasteiger partial charge in [-0.25, -0.2) is 9.37 Å². The second-order valence-corrected chi connectivity index (χ2v) is 3.31. The molecule has 0 radical (unpaired) electrons. The Labute approximate surface area is 91.2 Å². The summed E-state index contributed by atoms with van der Waals surface area (Å²) in [5, 5.41) is 8.78. The van der Waals surface area contributed by atoms with E-state index < -0.39 is 18.4 Å². The van der Waals surface area contributed by atoms with E-state index >= 15 is 0 Å². The fourth-order valence-corrected chi connectivity index (χ4v) is 1.39. The van der Waals surface area contributed by atoms with Crippen molar-refractivity contribution in [1.29, 1.82) is 0 Å². The molecule has 16 heavy (non-hydrogen) atoms. The highest BCUT2D eigenvalue weighted by molar-refractivity contribution is 5.58. The van der Waals surface area contributed by atoms with Gasteiger partial charge in [-0.15, -0.1) is 0 Å². The summed E-state index contributed by atoms with van der Waals surface area (Å²) in [6.07, 6.45) is 0. The van der Waals surface area contributed by atoms with Crippen molar-refractivity contribution in [3.05, 3.63) is 53.7 Å². The van der Waals surface area contributed by atoms with Crippen LogP contribution in [0.15, 0.2) is 36.4 Å². The molecular weight excluding hydrogens is 212 g/mol. The molecule has 1 heterocycles.